The number of nitrogens with zero attached hydrogens (tertiary/aromatic N) is 2. The lowest BCUT2D eigenvalue weighted by molar-refractivity contribution is 0.0675. The predicted molar refractivity (Wildman–Crippen MR) is 59.8 cm³/mol. The first-order valence-electron chi connectivity index (χ1n) is 4.30. The molecule has 0 aliphatic carbocycles. The van der Waals surface area contributed by atoms with Crippen molar-refractivity contribution in [2.24, 2.45) is 0 Å². The summed E-state index contributed by atoms with van der Waals surface area (Å²) in [4.78, 5) is 14.6. The highest BCUT2D eigenvalue weighted by Crippen LogP contribution is 2.29. The van der Waals surface area contributed by atoms with Gasteiger partial charge in [-0.3, -0.25) is 4.40 Å². The molecular formula is C9H4BrClF2N2O2. The molecule has 2 aromatic rings. The molecule has 0 aliphatic heterocycles. The summed E-state index contributed by atoms with van der Waals surface area (Å²) >= 11 is 8.82. The molecule has 0 saturated heterocycles. The van der Waals surface area contributed by atoms with E-state index in [1.165, 1.54) is 12.3 Å². The number of fused-ring (bicyclic) bond motifs is 1. The zero-order chi connectivity index (χ0) is 12.7. The molecule has 0 unspecified atom stereocenters. The first-order valence-corrected chi connectivity index (χ1v) is 5.47. The second-order valence-corrected chi connectivity index (χ2v) is 4.44. The number of hydrogen-bond donors (Lipinski definition) is 1. The highest BCUT2D eigenvalue weighted by Gasteiger charge is 2.26. The Balaban J connectivity index is 2.90. The van der Waals surface area contributed by atoms with Crippen molar-refractivity contribution in [1.82, 2.24) is 9.38 Å². The second-order valence-electron chi connectivity index (χ2n) is 3.15. The van der Waals surface area contributed by atoms with Gasteiger partial charge in [0.05, 0.1) is 9.50 Å². The quantitative estimate of drug-likeness (QED) is 0.921. The van der Waals surface area contributed by atoms with Crippen molar-refractivity contribution in [2.75, 3.05) is 0 Å². The van der Waals surface area contributed by atoms with Crippen molar-refractivity contribution in [2.45, 2.75) is 6.43 Å². The zero-order valence-electron chi connectivity index (χ0n) is 7.99. The van der Waals surface area contributed by atoms with Crippen LogP contribution in [0.25, 0.3) is 5.65 Å². The van der Waals surface area contributed by atoms with Crippen molar-refractivity contribution in [1.29, 1.82) is 0 Å². The average molecular weight is 325 g/mol. The highest BCUT2D eigenvalue weighted by molar-refractivity contribution is 9.10. The van der Waals surface area contributed by atoms with Crippen molar-refractivity contribution in [3.8, 4) is 0 Å². The molecule has 0 aliphatic rings. The van der Waals surface area contributed by atoms with Gasteiger partial charge in [-0.1, -0.05) is 11.6 Å². The number of aromatic carboxylic acids is 1. The van der Waals surface area contributed by atoms with Gasteiger partial charge in [-0.15, -0.1) is 0 Å². The van der Waals surface area contributed by atoms with Gasteiger partial charge in [0.2, 0.25) is 0 Å². The number of pyridine rings is 1. The summed E-state index contributed by atoms with van der Waals surface area (Å²) < 4.78 is 26.7. The number of halogens is 4. The molecule has 2 aromatic heterocycles. The van der Waals surface area contributed by atoms with Crippen LogP contribution in [0.2, 0.25) is 5.02 Å². The lowest BCUT2D eigenvalue weighted by Crippen LogP contribution is -2.05. The Hall–Kier alpha value is -1.21. The Bertz CT molecular complexity index is 615. The van der Waals surface area contributed by atoms with Gasteiger partial charge in [0.1, 0.15) is 5.69 Å². The number of carboxylic acids is 1. The normalized spacial score (nSPS) is 11.4. The molecule has 17 heavy (non-hydrogen) atoms. The van der Waals surface area contributed by atoms with E-state index in [-0.39, 0.29) is 10.7 Å². The summed E-state index contributed by atoms with van der Waals surface area (Å²) in [5, 5.41) is 9.14. The van der Waals surface area contributed by atoms with E-state index in [4.69, 9.17) is 16.7 Å². The fourth-order valence-electron chi connectivity index (χ4n) is 1.46. The minimum Gasteiger partial charge on any atom is -0.476 e. The van der Waals surface area contributed by atoms with Crippen LogP contribution in [0.15, 0.2) is 16.7 Å². The topological polar surface area (TPSA) is 54.6 Å². The van der Waals surface area contributed by atoms with E-state index < -0.39 is 23.8 Å². The summed E-state index contributed by atoms with van der Waals surface area (Å²) in [6.45, 7) is 0. The van der Waals surface area contributed by atoms with Gasteiger partial charge in [0, 0.05) is 6.20 Å². The van der Waals surface area contributed by atoms with Gasteiger partial charge in [-0.05, 0) is 22.0 Å². The van der Waals surface area contributed by atoms with Gasteiger partial charge in [-0.25, -0.2) is 18.6 Å². The monoisotopic (exact) mass is 324 g/mol. The van der Waals surface area contributed by atoms with E-state index in [1.807, 2.05) is 0 Å². The van der Waals surface area contributed by atoms with Gasteiger partial charge >= 0.3 is 5.97 Å². The third-order valence-electron chi connectivity index (χ3n) is 2.08. The number of alkyl halides is 2. The molecule has 0 fully saturated rings. The van der Waals surface area contributed by atoms with E-state index in [9.17, 15) is 13.6 Å². The third-order valence-corrected chi connectivity index (χ3v) is 2.87. The van der Waals surface area contributed by atoms with Crippen LogP contribution in [0.5, 0.6) is 0 Å². The van der Waals surface area contributed by atoms with Crippen molar-refractivity contribution in [3.05, 3.63) is 33.1 Å². The molecule has 1 N–H and O–H groups in total. The lowest BCUT2D eigenvalue weighted by atomic mass is 10.3. The first-order chi connectivity index (χ1) is 7.91. The molecule has 0 saturated carbocycles. The zero-order valence-corrected chi connectivity index (χ0v) is 10.3. The molecule has 0 aromatic carbocycles. The largest absolute Gasteiger partial charge is 0.476 e. The molecule has 0 spiro atoms. The van der Waals surface area contributed by atoms with Gasteiger partial charge < -0.3 is 5.11 Å². The van der Waals surface area contributed by atoms with Crippen LogP contribution < -0.4 is 0 Å². The maximum atomic E-state index is 12.7. The number of imidazole rings is 1. The van der Waals surface area contributed by atoms with Crippen LogP contribution in [0.3, 0.4) is 0 Å². The van der Waals surface area contributed by atoms with Crippen molar-refractivity contribution in [3.63, 3.8) is 0 Å². The summed E-state index contributed by atoms with van der Waals surface area (Å²) in [6.07, 6.45) is -1.74. The molecule has 0 atom stereocenters. The van der Waals surface area contributed by atoms with Crippen LogP contribution >= 0.6 is 27.5 Å². The molecule has 0 amide bonds. The summed E-state index contributed by atoms with van der Waals surface area (Å²) in [5.74, 6) is -1.48. The average Bonchev–Trinajstić information content (AvgIpc) is 2.56. The lowest BCUT2D eigenvalue weighted by Gasteiger charge is -2.00. The van der Waals surface area contributed by atoms with E-state index >= 15 is 0 Å². The standard InChI is InChI=1S/C9H4BrClF2N2O2/c10-4-1-3(11)2-15-6(9(16)17)5(7(12)13)14-8(4)15/h1-2,7H,(H,16,17). The van der Waals surface area contributed by atoms with Gasteiger partial charge in [0.15, 0.2) is 11.3 Å². The summed E-state index contributed by atoms with van der Waals surface area (Å²) in [5.41, 5.74) is -1.28. The number of hydrogen-bond acceptors (Lipinski definition) is 2. The predicted octanol–water partition coefficient (Wildman–Crippen LogP) is 3.39. The number of carboxylic acid groups (broad SMARTS) is 1. The van der Waals surface area contributed by atoms with Gasteiger partial charge in [0.25, 0.3) is 6.43 Å². The SMILES string of the molecule is O=C(O)c1c(C(F)F)nc2c(Br)cc(Cl)cn12. The molecular weight excluding hydrogens is 321 g/mol. The second kappa shape index (κ2) is 4.23. The first kappa shape index (κ1) is 12.3. The van der Waals surface area contributed by atoms with Crippen LogP contribution in [0, 0.1) is 0 Å². The molecule has 90 valence electrons. The Labute approximate surface area is 107 Å². The Morgan fingerprint density at radius 1 is 1.59 bits per heavy atom. The Kier molecular flexibility index (Phi) is 3.05. The molecule has 8 heteroatoms. The maximum absolute atomic E-state index is 12.7. The van der Waals surface area contributed by atoms with E-state index in [0.29, 0.717) is 4.47 Å². The van der Waals surface area contributed by atoms with Crippen molar-refractivity contribution < 1.29 is 18.7 Å². The third kappa shape index (κ3) is 2.00. The number of carbonyl (C=O) groups is 1. The molecule has 0 radical (unpaired) electrons. The maximum Gasteiger partial charge on any atom is 0.355 e. The number of rotatable bonds is 2. The minimum absolute atomic E-state index is 0.0853. The highest BCUT2D eigenvalue weighted by atomic mass is 79.9. The Morgan fingerprint density at radius 2 is 2.24 bits per heavy atom. The Morgan fingerprint density at radius 3 is 2.76 bits per heavy atom. The summed E-state index contributed by atoms with van der Waals surface area (Å²) in [7, 11) is 0. The van der Waals surface area contributed by atoms with Crippen LogP contribution in [-0.2, 0) is 0 Å². The van der Waals surface area contributed by atoms with Crippen LogP contribution in [0.1, 0.15) is 22.6 Å². The molecule has 0 bridgehead atoms. The van der Waals surface area contributed by atoms with E-state index in [2.05, 4.69) is 20.9 Å². The fourth-order valence-corrected chi connectivity index (χ4v) is 2.32. The molecule has 2 heterocycles. The summed E-state index contributed by atoms with van der Waals surface area (Å²) in [6, 6.07) is 1.45. The minimum atomic E-state index is -2.97. The van der Waals surface area contributed by atoms with Crippen LogP contribution in [-0.4, -0.2) is 20.5 Å². The number of aromatic nitrogens is 2. The van der Waals surface area contributed by atoms with Gasteiger partial charge in [-0.2, -0.15) is 0 Å². The fraction of sp³-hybridized carbons (Fsp3) is 0.111. The van der Waals surface area contributed by atoms with Crippen LogP contribution in [0.4, 0.5) is 8.78 Å². The van der Waals surface area contributed by atoms with Crippen molar-refractivity contribution >= 4 is 39.1 Å². The molecule has 2 rings (SSSR count). The van der Waals surface area contributed by atoms with E-state index in [0.717, 1.165) is 4.40 Å². The smallest absolute Gasteiger partial charge is 0.355 e. The molecule has 4 nitrogen and oxygen atoms in total. The van der Waals surface area contributed by atoms with E-state index in [1.54, 1.807) is 0 Å².